The Morgan fingerprint density at radius 2 is 1.28 bits per heavy atom. The van der Waals surface area contributed by atoms with Crippen LogP contribution in [-0.2, 0) is 4.79 Å². The van der Waals surface area contributed by atoms with Crippen LogP contribution in [0.1, 0.15) is 6.92 Å². The molecule has 0 aromatic heterocycles. The van der Waals surface area contributed by atoms with E-state index in [0.717, 1.165) is 0 Å². The molecule has 0 saturated carbocycles. The molecule has 2 rings (SSSR count). The Morgan fingerprint density at radius 1 is 0.889 bits per heavy atom. The molecule has 18 heavy (non-hydrogen) atoms. The van der Waals surface area contributed by atoms with Gasteiger partial charge in [-0.15, -0.1) is 0 Å². The number of hydrogen-bond acceptors (Lipinski definition) is 1. The van der Waals surface area contributed by atoms with Gasteiger partial charge in [-0.1, -0.05) is 60.7 Å². The molecule has 1 amide bonds. The highest BCUT2D eigenvalue weighted by Crippen LogP contribution is 2.02. The van der Waals surface area contributed by atoms with E-state index < -0.39 is 8.24 Å². The summed E-state index contributed by atoms with van der Waals surface area (Å²) in [6.07, 6.45) is 0. The molecule has 0 spiro atoms. The highest BCUT2D eigenvalue weighted by Gasteiger charge is 2.33. The van der Waals surface area contributed by atoms with Crippen LogP contribution in [0.15, 0.2) is 60.7 Å². The molecule has 0 aliphatic heterocycles. The Balaban J connectivity index is 2.51. The summed E-state index contributed by atoms with van der Waals surface area (Å²) in [7, 11) is -2.16. The summed E-state index contributed by atoms with van der Waals surface area (Å²) in [5.41, 5.74) is 0. The van der Waals surface area contributed by atoms with Gasteiger partial charge in [0.2, 0.25) is 14.1 Å². The van der Waals surface area contributed by atoms with Crippen LogP contribution in [-0.4, -0.2) is 14.1 Å². The van der Waals surface area contributed by atoms with Crippen molar-refractivity contribution in [3.05, 3.63) is 60.7 Å². The average Bonchev–Trinajstić information content (AvgIpc) is 2.40. The monoisotopic (exact) mass is 255 g/mol. The van der Waals surface area contributed by atoms with E-state index in [4.69, 9.17) is 0 Å². The van der Waals surface area contributed by atoms with Gasteiger partial charge in [-0.2, -0.15) is 0 Å². The molecule has 0 atom stereocenters. The van der Waals surface area contributed by atoms with Crippen molar-refractivity contribution in [2.24, 2.45) is 0 Å². The minimum Gasteiger partial charge on any atom is -0.374 e. The Kier molecular flexibility index (Phi) is 3.62. The summed E-state index contributed by atoms with van der Waals surface area (Å²) < 4.78 is 0. The largest absolute Gasteiger partial charge is 0.374 e. The molecule has 0 heterocycles. The third-order valence-electron chi connectivity index (χ3n) is 3.13. The zero-order valence-corrected chi connectivity index (χ0v) is 11.7. The van der Waals surface area contributed by atoms with Crippen LogP contribution in [0.4, 0.5) is 0 Å². The van der Waals surface area contributed by atoms with Crippen LogP contribution in [0.5, 0.6) is 0 Å². The Morgan fingerprint density at radius 3 is 1.61 bits per heavy atom. The first-order valence-electron chi connectivity index (χ1n) is 6.03. The van der Waals surface area contributed by atoms with E-state index in [1.54, 1.807) is 6.92 Å². The van der Waals surface area contributed by atoms with E-state index in [0.29, 0.717) is 0 Å². The third kappa shape index (κ3) is 2.51. The van der Waals surface area contributed by atoms with Crippen molar-refractivity contribution in [3.8, 4) is 0 Å². The molecular formula is C15H17NOSi. The predicted octanol–water partition coefficient (Wildman–Crippen LogP) is 1.51. The molecular weight excluding hydrogens is 238 g/mol. The highest BCUT2D eigenvalue weighted by molar-refractivity contribution is 7.00. The van der Waals surface area contributed by atoms with Gasteiger partial charge in [0, 0.05) is 6.92 Å². The molecule has 2 aromatic rings. The normalized spacial score (nSPS) is 11.0. The number of carbonyl (C=O) groups is 1. The first kappa shape index (κ1) is 12.6. The molecule has 0 unspecified atom stereocenters. The second-order valence-electron chi connectivity index (χ2n) is 4.54. The van der Waals surface area contributed by atoms with Gasteiger partial charge in [0.05, 0.1) is 0 Å². The summed E-state index contributed by atoms with van der Waals surface area (Å²) in [5.74, 6) is 0.0249. The minimum absolute atomic E-state index is 0.0249. The summed E-state index contributed by atoms with van der Waals surface area (Å²) in [6, 6.07) is 20.4. The van der Waals surface area contributed by atoms with Crippen molar-refractivity contribution in [3.63, 3.8) is 0 Å². The van der Waals surface area contributed by atoms with Crippen LogP contribution in [0.3, 0.4) is 0 Å². The molecule has 0 aliphatic rings. The molecule has 3 heteroatoms. The van der Waals surface area contributed by atoms with Crippen LogP contribution >= 0.6 is 0 Å². The highest BCUT2D eigenvalue weighted by atomic mass is 28.3. The molecule has 0 aliphatic carbocycles. The molecule has 92 valence electrons. The second kappa shape index (κ2) is 5.19. The van der Waals surface area contributed by atoms with Gasteiger partial charge in [0.25, 0.3) is 0 Å². The Hall–Kier alpha value is -1.87. The Bertz CT molecular complexity index is 485. The molecule has 2 aromatic carbocycles. The zero-order valence-electron chi connectivity index (χ0n) is 10.7. The van der Waals surface area contributed by atoms with Gasteiger partial charge in [-0.3, -0.25) is 4.79 Å². The lowest BCUT2D eigenvalue weighted by atomic mass is 10.4. The molecule has 1 N–H and O–H groups in total. The topological polar surface area (TPSA) is 29.1 Å². The van der Waals surface area contributed by atoms with Crippen molar-refractivity contribution in [2.75, 3.05) is 0 Å². The fraction of sp³-hybridized carbons (Fsp3) is 0.133. The zero-order chi connectivity index (χ0) is 13.0. The number of carbonyl (C=O) groups excluding carboxylic acids is 1. The fourth-order valence-corrected chi connectivity index (χ4v) is 5.25. The average molecular weight is 255 g/mol. The van der Waals surface area contributed by atoms with Crippen LogP contribution in [0, 0.1) is 0 Å². The third-order valence-corrected chi connectivity index (χ3v) is 6.96. The van der Waals surface area contributed by atoms with E-state index in [2.05, 4.69) is 35.8 Å². The van der Waals surface area contributed by atoms with Crippen molar-refractivity contribution >= 4 is 24.5 Å². The number of amides is 1. The lowest BCUT2D eigenvalue weighted by Gasteiger charge is -2.28. The van der Waals surface area contributed by atoms with Gasteiger partial charge < -0.3 is 4.98 Å². The lowest BCUT2D eigenvalue weighted by molar-refractivity contribution is -0.117. The van der Waals surface area contributed by atoms with E-state index >= 15 is 0 Å². The maximum absolute atomic E-state index is 11.5. The van der Waals surface area contributed by atoms with Gasteiger partial charge >= 0.3 is 0 Å². The summed E-state index contributed by atoms with van der Waals surface area (Å²) in [4.78, 5) is 14.7. The van der Waals surface area contributed by atoms with E-state index in [-0.39, 0.29) is 5.91 Å². The van der Waals surface area contributed by atoms with E-state index in [1.807, 2.05) is 36.4 Å². The summed E-state index contributed by atoms with van der Waals surface area (Å²) in [5, 5.41) is 2.43. The lowest BCUT2D eigenvalue weighted by Crippen LogP contribution is -2.67. The smallest absolute Gasteiger partial charge is 0.217 e. The molecule has 2 nitrogen and oxygen atoms in total. The van der Waals surface area contributed by atoms with Crippen LogP contribution in [0.25, 0.3) is 0 Å². The molecule has 0 saturated heterocycles. The Labute approximate surface area is 109 Å². The maximum Gasteiger partial charge on any atom is 0.217 e. The predicted molar refractivity (Wildman–Crippen MR) is 77.6 cm³/mol. The first-order chi connectivity index (χ1) is 8.63. The molecule has 0 bridgehead atoms. The van der Waals surface area contributed by atoms with E-state index in [1.165, 1.54) is 10.4 Å². The van der Waals surface area contributed by atoms with Gasteiger partial charge in [0.1, 0.15) is 0 Å². The van der Waals surface area contributed by atoms with Gasteiger partial charge in [-0.25, -0.2) is 0 Å². The standard InChI is InChI=1S/C15H17NOSi/c1-13(17)16-18(2,14-9-5-3-6-10-14)15-11-7-4-8-12-15/h3-12H,1-2H3,(H,16,17). The SMILES string of the molecule is CC(=O)N[Si](C)(c1ccccc1)c1ccccc1. The first-order valence-corrected chi connectivity index (χ1v) is 8.53. The second-order valence-corrected chi connectivity index (χ2v) is 8.19. The van der Waals surface area contributed by atoms with Crippen LogP contribution in [0.2, 0.25) is 6.55 Å². The van der Waals surface area contributed by atoms with Crippen molar-refractivity contribution in [1.82, 2.24) is 4.98 Å². The fourth-order valence-electron chi connectivity index (χ4n) is 2.21. The molecule has 0 fully saturated rings. The minimum atomic E-state index is -2.16. The summed E-state index contributed by atoms with van der Waals surface area (Å²) in [6.45, 7) is 3.75. The number of hydrogen-bond donors (Lipinski definition) is 1. The number of benzene rings is 2. The summed E-state index contributed by atoms with van der Waals surface area (Å²) >= 11 is 0. The van der Waals surface area contributed by atoms with Crippen LogP contribution < -0.4 is 15.4 Å². The number of rotatable bonds is 3. The maximum atomic E-state index is 11.5. The molecule has 0 radical (unpaired) electrons. The quantitative estimate of drug-likeness (QED) is 0.828. The van der Waals surface area contributed by atoms with Gasteiger partial charge in [-0.05, 0) is 16.9 Å². The van der Waals surface area contributed by atoms with Crippen molar-refractivity contribution in [1.29, 1.82) is 0 Å². The number of nitrogens with one attached hydrogen (secondary N) is 1. The van der Waals surface area contributed by atoms with Crippen molar-refractivity contribution < 1.29 is 4.79 Å². The van der Waals surface area contributed by atoms with E-state index in [9.17, 15) is 4.79 Å². The van der Waals surface area contributed by atoms with Gasteiger partial charge in [0.15, 0.2) is 0 Å². The van der Waals surface area contributed by atoms with Crippen molar-refractivity contribution in [2.45, 2.75) is 13.5 Å².